The lowest BCUT2D eigenvalue weighted by atomic mass is 9.96. The van der Waals surface area contributed by atoms with Gasteiger partial charge in [0.2, 0.25) is 0 Å². The van der Waals surface area contributed by atoms with Crippen LogP contribution >= 0.6 is 0 Å². The molecule has 10 aromatic rings. The monoisotopic (exact) mass is 610 g/mol. The molecule has 224 valence electrons. The fourth-order valence-electron chi connectivity index (χ4n) is 7.71. The average molecular weight is 611 g/mol. The van der Waals surface area contributed by atoms with Gasteiger partial charge in [-0.2, -0.15) is 0 Å². The summed E-state index contributed by atoms with van der Waals surface area (Å²) in [6.07, 6.45) is 0. The normalized spacial score (nSPS) is 11.8. The summed E-state index contributed by atoms with van der Waals surface area (Å²) in [6, 6.07) is 66.2. The summed E-state index contributed by atoms with van der Waals surface area (Å²) in [5, 5.41) is 7.57. The third-order valence-corrected chi connectivity index (χ3v) is 9.90. The summed E-state index contributed by atoms with van der Waals surface area (Å²) in [5.74, 6) is 0. The molecule has 10 rings (SSSR count). The van der Waals surface area contributed by atoms with Crippen LogP contribution < -0.4 is 0 Å². The number of hydrogen-bond acceptors (Lipinski definition) is 0. The van der Waals surface area contributed by atoms with Crippen LogP contribution in [-0.2, 0) is 0 Å². The first kappa shape index (κ1) is 26.8. The van der Waals surface area contributed by atoms with Gasteiger partial charge < -0.3 is 9.13 Å². The molecular weight excluding hydrogens is 581 g/mol. The lowest BCUT2D eigenvalue weighted by Gasteiger charge is -2.11. The van der Waals surface area contributed by atoms with E-state index in [1.165, 1.54) is 82.3 Å². The molecular formula is C46H30N2. The highest BCUT2D eigenvalue weighted by atomic mass is 15.0. The molecule has 0 radical (unpaired) electrons. The van der Waals surface area contributed by atoms with Gasteiger partial charge >= 0.3 is 0 Å². The molecule has 2 heteroatoms. The Balaban J connectivity index is 1.21. The number of para-hydroxylation sites is 3. The lowest BCUT2D eigenvalue weighted by molar-refractivity contribution is 1.18. The highest BCUT2D eigenvalue weighted by molar-refractivity contribution is 6.13. The number of aromatic nitrogens is 2. The van der Waals surface area contributed by atoms with Crippen molar-refractivity contribution in [3.63, 3.8) is 0 Å². The van der Waals surface area contributed by atoms with Crippen molar-refractivity contribution < 1.29 is 0 Å². The molecule has 0 unspecified atom stereocenters. The maximum atomic E-state index is 2.42. The zero-order chi connectivity index (χ0) is 31.6. The van der Waals surface area contributed by atoms with Crippen molar-refractivity contribution in [1.29, 1.82) is 0 Å². The molecule has 0 N–H and O–H groups in total. The standard InChI is InChI=1S/C46H30N2/c1-3-14-35(15-4-1)47-43-21-10-9-19-39(43)40-25-22-32(29-45(40)47)33-23-26-41-42-28-34(38-20-11-13-31-12-7-8-18-37(31)38)24-27-44(42)48(46(41)30-33)36-16-5-2-6-17-36/h1-30H. The predicted molar refractivity (Wildman–Crippen MR) is 203 cm³/mol. The summed E-state index contributed by atoms with van der Waals surface area (Å²) < 4.78 is 4.81. The smallest absolute Gasteiger partial charge is 0.0547 e. The van der Waals surface area contributed by atoms with Crippen LogP contribution in [0.4, 0.5) is 0 Å². The van der Waals surface area contributed by atoms with E-state index in [9.17, 15) is 0 Å². The second-order valence-corrected chi connectivity index (χ2v) is 12.6. The molecule has 0 aliphatic rings. The van der Waals surface area contributed by atoms with E-state index in [2.05, 4.69) is 191 Å². The quantitative estimate of drug-likeness (QED) is 0.188. The van der Waals surface area contributed by atoms with Gasteiger partial charge in [0.15, 0.2) is 0 Å². The third-order valence-electron chi connectivity index (χ3n) is 9.90. The number of hydrogen-bond donors (Lipinski definition) is 0. The van der Waals surface area contributed by atoms with E-state index in [1.54, 1.807) is 0 Å². The highest BCUT2D eigenvalue weighted by Crippen LogP contribution is 2.40. The molecule has 0 atom stereocenters. The lowest BCUT2D eigenvalue weighted by Crippen LogP contribution is -1.94. The van der Waals surface area contributed by atoms with Crippen LogP contribution in [0.25, 0.3) is 88.0 Å². The van der Waals surface area contributed by atoms with Crippen molar-refractivity contribution in [2.24, 2.45) is 0 Å². The van der Waals surface area contributed by atoms with E-state index in [0.717, 1.165) is 5.69 Å². The SMILES string of the molecule is c1ccc(-n2c3ccccc3c3ccc(-c4ccc5c6cc(-c7cccc8ccccc78)ccc6n(-c6ccccc6)c5c4)cc32)cc1. The van der Waals surface area contributed by atoms with Gasteiger partial charge in [-0.25, -0.2) is 0 Å². The van der Waals surface area contributed by atoms with Gasteiger partial charge in [0.25, 0.3) is 0 Å². The van der Waals surface area contributed by atoms with Crippen LogP contribution in [0.3, 0.4) is 0 Å². The minimum absolute atomic E-state index is 1.16. The van der Waals surface area contributed by atoms with E-state index >= 15 is 0 Å². The summed E-state index contributed by atoms with van der Waals surface area (Å²) in [7, 11) is 0. The van der Waals surface area contributed by atoms with Gasteiger partial charge in [0.05, 0.1) is 22.1 Å². The molecule has 0 bridgehead atoms. The van der Waals surface area contributed by atoms with E-state index < -0.39 is 0 Å². The Hall–Kier alpha value is -6.38. The Morgan fingerprint density at radius 1 is 0.271 bits per heavy atom. The maximum absolute atomic E-state index is 2.42. The number of nitrogens with zero attached hydrogens (tertiary/aromatic N) is 2. The molecule has 0 saturated heterocycles. The van der Waals surface area contributed by atoms with Gasteiger partial charge in [-0.05, 0) is 87.6 Å². The topological polar surface area (TPSA) is 9.86 Å². The average Bonchev–Trinajstić information content (AvgIpc) is 3.67. The first-order valence-corrected chi connectivity index (χ1v) is 16.5. The molecule has 0 aliphatic carbocycles. The summed E-state index contributed by atoms with van der Waals surface area (Å²) in [6.45, 7) is 0. The van der Waals surface area contributed by atoms with Crippen molar-refractivity contribution in [2.45, 2.75) is 0 Å². The number of benzene rings is 8. The summed E-state index contributed by atoms with van der Waals surface area (Å²) in [5.41, 5.74) is 12.1. The minimum atomic E-state index is 1.16. The van der Waals surface area contributed by atoms with Crippen LogP contribution in [-0.4, -0.2) is 9.13 Å². The fraction of sp³-hybridized carbons (Fsp3) is 0. The summed E-state index contributed by atoms with van der Waals surface area (Å²) in [4.78, 5) is 0. The molecule has 8 aromatic carbocycles. The molecule has 2 heterocycles. The second kappa shape index (κ2) is 10.6. The number of rotatable bonds is 4. The van der Waals surface area contributed by atoms with Crippen molar-refractivity contribution >= 4 is 54.4 Å². The predicted octanol–water partition coefficient (Wildman–Crippen LogP) is 12.4. The Kier molecular flexibility index (Phi) is 5.91. The van der Waals surface area contributed by atoms with Gasteiger partial charge in [-0.3, -0.25) is 0 Å². The van der Waals surface area contributed by atoms with Crippen molar-refractivity contribution in [2.75, 3.05) is 0 Å². The van der Waals surface area contributed by atoms with Crippen LogP contribution in [0.1, 0.15) is 0 Å². The zero-order valence-electron chi connectivity index (χ0n) is 26.2. The molecule has 0 amide bonds. The Morgan fingerprint density at radius 2 is 0.771 bits per heavy atom. The molecule has 48 heavy (non-hydrogen) atoms. The van der Waals surface area contributed by atoms with Gasteiger partial charge in [0.1, 0.15) is 0 Å². The molecule has 0 saturated carbocycles. The van der Waals surface area contributed by atoms with Crippen molar-refractivity contribution in [3.8, 4) is 33.6 Å². The van der Waals surface area contributed by atoms with E-state index in [-0.39, 0.29) is 0 Å². The molecule has 0 aliphatic heterocycles. The number of fused-ring (bicyclic) bond motifs is 7. The molecule has 0 fully saturated rings. The Labute approximate surface area is 278 Å². The van der Waals surface area contributed by atoms with E-state index in [4.69, 9.17) is 0 Å². The van der Waals surface area contributed by atoms with Crippen LogP contribution in [0.5, 0.6) is 0 Å². The van der Waals surface area contributed by atoms with Gasteiger partial charge in [-0.15, -0.1) is 0 Å². The van der Waals surface area contributed by atoms with Gasteiger partial charge in [0, 0.05) is 32.9 Å². The van der Waals surface area contributed by atoms with Crippen LogP contribution in [0.15, 0.2) is 182 Å². The Morgan fingerprint density at radius 3 is 1.46 bits per heavy atom. The maximum Gasteiger partial charge on any atom is 0.0547 e. The van der Waals surface area contributed by atoms with Gasteiger partial charge in [-0.1, -0.05) is 127 Å². The second-order valence-electron chi connectivity index (χ2n) is 12.6. The Bertz CT molecular complexity index is 2810. The first-order valence-electron chi connectivity index (χ1n) is 16.5. The fourth-order valence-corrected chi connectivity index (χ4v) is 7.71. The van der Waals surface area contributed by atoms with E-state index in [1.807, 2.05) is 0 Å². The van der Waals surface area contributed by atoms with Crippen LogP contribution in [0, 0.1) is 0 Å². The molecule has 2 aromatic heterocycles. The first-order chi connectivity index (χ1) is 23.8. The summed E-state index contributed by atoms with van der Waals surface area (Å²) >= 11 is 0. The largest absolute Gasteiger partial charge is 0.309 e. The van der Waals surface area contributed by atoms with Crippen molar-refractivity contribution in [1.82, 2.24) is 9.13 Å². The molecule has 0 spiro atoms. The highest BCUT2D eigenvalue weighted by Gasteiger charge is 2.17. The third kappa shape index (κ3) is 4.06. The van der Waals surface area contributed by atoms with Crippen LogP contribution in [0.2, 0.25) is 0 Å². The van der Waals surface area contributed by atoms with E-state index in [0.29, 0.717) is 0 Å². The van der Waals surface area contributed by atoms with Crippen molar-refractivity contribution in [3.05, 3.63) is 182 Å². The zero-order valence-corrected chi connectivity index (χ0v) is 26.2. The minimum Gasteiger partial charge on any atom is -0.309 e. The molecule has 2 nitrogen and oxygen atoms in total.